The Morgan fingerprint density at radius 2 is 1.92 bits per heavy atom. The molecule has 0 spiro atoms. The molecule has 3 nitrogen and oxygen atoms in total. The predicted molar refractivity (Wildman–Crippen MR) is 106 cm³/mol. The normalized spacial score (nSPS) is 29.0. The van der Waals surface area contributed by atoms with E-state index in [1.165, 1.54) is 16.3 Å². The van der Waals surface area contributed by atoms with Crippen LogP contribution in [0.2, 0.25) is 14.8 Å². The Labute approximate surface area is 161 Å². The molecule has 2 saturated heterocycles. The molecular formula is C21H32FNO2Sn. The minimum absolute atomic E-state index is 0.107. The van der Waals surface area contributed by atoms with Crippen molar-refractivity contribution in [3.63, 3.8) is 0 Å². The Balaban J connectivity index is 1.88. The molecule has 3 rings (SSSR count). The van der Waals surface area contributed by atoms with E-state index in [1.54, 1.807) is 0 Å². The molecule has 1 aromatic carbocycles. The number of carbonyl (C=O) groups excluding carboxylic acids is 1. The van der Waals surface area contributed by atoms with Gasteiger partial charge in [-0.25, -0.2) is 0 Å². The summed E-state index contributed by atoms with van der Waals surface area (Å²) >= 11 is -2.07. The van der Waals surface area contributed by atoms with Gasteiger partial charge in [0.05, 0.1) is 0 Å². The molecule has 2 fully saturated rings. The molecule has 4 atom stereocenters. The number of carbonyl (C=O) groups is 1. The van der Waals surface area contributed by atoms with E-state index < -0.39 is 18.4 Å². The van der Waals surface area contributed by atoms with E-state index in [2.05, 4.69) is 44.0 Å². The third-order valence-electron chi connectivity index (χ3n) is 6.29. The molecule has 2 aliphatic heterocycles. The van der Waals surface area contributed by atoms with Crippen LogP contribution in [0, 0.1) is 5.92 Å². The summed E-state index contributed by atoms with van der Waals surface area (Å²) in [5.41, 5.74) is 1.27. The van der Waals surface area contributed by atoms with Gasteiger partial charge in [0.25, 0.3) is 0 Å². The van der Waals surface area contributed by atoms with Gasteiger partial charge >= 0.3 is 161 Å². The van der Waals surface area contributed by atoms with Gasteiger partial charge in [0, 0.05) is 0 Å². The van der Waals surface area contributed by atoms with Crippen LogP contribution in [0.1, 0.15) is 37.2 Å². The number of fused-ring (bicyclic) bond motifs is 2. The van der Waals surface area contributed by atoms with Crippen LogP contribution in [0.25, 0.3) is 0 Å². The molecule has 144 valence electrons. The number of benzene rings is 1. The fraction of sp³-hybridized carbons (Fsp3) is 0.667. The van der Waals surface area contributed by atoms with Gasteiger partial charge in [0.2, 0.25) is 0 Å². The number of alkyl halides is 1. The van der Waals surface area contributed by atoms with E-state index in [1.807, 2.05) is 0 Å². The van der Waals surface area contributed by atoms with E-state index in [9.17, 15) is 9.18 Å². The zero-order chi connectivity index (χ0) is 18.9. The fourth-order valence-corrected chi connectivity index (χ4v) is 8.26. The summed E-state index contributed by atoms with van der Waals surface area (Å²) in [6.07, 6.45) is 3.65. The van der Waals surface area contributed by atoms with Crippen LogP contribution in [-0.2, 0) is 9.53 Å². The summed E-state index contributed by atoms with van der Waals surface area (Å²) in [4.78, 5) is 22.3. The topological polar surface area (TPSA) is 29.5 Å². The van der Waals surface area contributed by atoms with E-state index in [-0.39, 0.29) is 30.5 Å². The summed E-state index contributed by atoms with van der Waals surface area (Å²) in [7, 11) is 1.49. The summed E-state index contributed by atoms with van der Waals surface area (Å²) < 4.78 is 19.4. The van der Waals surface area contributed by atoms with Gasteiger partial charge in [-0.3, -0.25) is 0 Å². The Hall–Kier alpha value is -0.621. The predicted octanol–water partition coefficient (Wildman–Crippen LogP) is 3.70. The summed E-state index contributed by atoms with van der Waals surface area (Å²) in [5.74, 6) is -0.0298. The second kappa shape index (κ2) is 8.17. The van der Waals surface area contributed by atoms with Crippen molar-refractivity contribution in [3.05, 3.63) is 29.8 Å². The Morgan fingerprint density at radius 1 is 1.23 bits per heavy atom. The first-order valence-corrected chi connectivity index (χ1v) is 19.9. The molecule has 2 unspecified atom stereocenters. The van der Waals surface area contributed by atoms with Crippen molar-refractivity contribution in [2.75, 3.05) is 20.3 Å². The third-order valence-corrected chi connectivity index (χ3v) is 12.2. The van der Waals surface area contributed by atoms with Gasteiger partial charge in [-0.1, -0.05) is 0 Å². The Morgan fingerprint density at radius 3 is 2.50 bits per heavy atom. The Bertz CT molecular complexity index is 628. The quantitative estimate of drug-likeness (QED) is 0.472. The van der Waals surface area contributed by atoms with Crippen molar-refractivity contribution in [1.82, 2.24) is 4.90 Å². The van der Waals surface area contributed by atoms with Crippen LogP contribution in [0.5, 0.6) is 0 Å². The van der Waals surface area contributed by atoms with Crippen molar-refractivity contribution in [2.45, 2.75) is 58.5 Å². The average Bonchev–Trinajstić information content (AvgIpc) is 2.89. The first-order valence-electron chi connectivity index (χ1n) is 9.86. The average molecular weight is 468 g/mol. The monoisotopic (exact) mass is 469 g/mol. The molecule has 0 radical (unpaired) electrons. The van der Waals surface area contributed by atoms with Gasteiger partial charge < -0.3 is 0 Å². The van der Waals surface area contributed by atoms with Crippen LogP contribution < -0.4 is 3.58 Å². The minimum atomic E-state index is -2.07. The zero-order valence-electron chi connectivity index (χ0n) is 16.5. The maximum absolute atomic E-state index is 12.7. The Kier molecular flexibility index (Phi) is 6.32. The molecule has 2 bridgehead atoms. The van der Waals surface area contributed by atoms with E-state index in [4.69, 9.17) is 4.74 Å². The molecule has 0 aliphatic carbocycles. The summed E-state index contributed by atoms with van der Waals surface area (Å²) in [6, 6.07) is 9.73. The first-order chi connectivity index (χ1) is 12.4. The van der Waals surface area contributed by atoms with E-state index in [0.717, 1.165) is 25.8 Å². The molecule has 26 heavy (non-hydrogen) atoms. The molecule has 0 amide bonds. The maximum atomic E-state index is 12.7. The van der Waals surface area contributed by atoms with E-state index >= 15 is 0 Å². The fourth-order valence-electron chi connectivity index (χ4n) is 4.93. The van der Waals surface area contributed by atoms with Crippen molar-refractivity contribution < 1.29 is 13.9 Å². The number of nitrogens with zero attached hydrogens (tertiary/aromatic N) is 1. The van der Waals surface area contributed by atoms with E-state index in [0.29, 0.717) is 12.5 Å². The number of methoxy groups -OCH3 is 1. The number of ether oxygens (including phenoxy) is 1. The molecule has 1 aromatic rings. The van der Waals surface area contributed by atoms with Gasteiger partial charge in [0.1, 0.15) is 0 Å². The zero-order valence-corrected chi connectivity index (χ0v) is 19.4. The van der Waals surface area contributed by atoms with Crippen LogP contribution in [0.4, 0.5) is 4.39 Å². The van der Waals surface area contributed by atoms with Crippen molar-refractivity contribution in [3.8, 4) is 0 Å². The molecule has 0 N–H and O–H groups in total. The first kappa shape index (κ1) is 20.1. The van der Waals surface area contributed by atoms with Gasteiger partial charge in [-0.2, -0.15) is 0 Å². The molecule has 2 heterocycles. The van der Waals surface area contributed by atoms with Crippen LogP contribution >= 0.6 is 0 Å². The molecule has 2 aliphatic rings. The SMILES string of the molecule is COC(=O)C1C2CC[C@H](C[C@@H]1c1cc[c]([Sn]([CH3])([CH3])[CH3])cc1)N2CCCF. The van der Waals surface area contributed by atoms with Gasteiger partial charge in [-0.05, 0) is 0 Å². The number of piperidine rings is 1. The third kappa shape index (κ3) is 3.96. The summed E-state index contributed by atoms with van der Waals surface area (Å²) in [6.45, 7) is 0.464. The molecule has 0 saturated carbocycles. The second-order valence-electron chi connectivity index (χ2n) is 8.84. The van der Waals surface area contributed by atoms with Crippen LogP contribution in [0.3, 0.4) is 0 Å². The number of hydrogen-bond acceptors (Lipinski definition) is 3. The molecule has 5 heteroatoms. The number of halogens is 1. The standard InChI is InChI=1S/C18H23FNO2.3CH3.Sn/c1-22-18(21)17-15(13-6-3-2-4-7-13)12-14-8-9-16(17)20(14)11-5-10-19;;;;/h3-4,6-7,14-17H,5,8-12H2,1H3;3*1H3;/t14-,15-,16?,17?;;;;/m1..../s1. The number of rotatable bonds is 6. The van der Waals surface area contributed by atoms with Crippen LogP contribution in [0.15, 0.2) is 24.3 Å². The van der Waals surface area contributed by atoms with Gasteiger partial charge in [-0.15, -0.1) is 0 Å². The summed E-state index contributed by atoms with van der Waals surface area (Å²) in [5, 5.41) is 0. The van der Waals surface area contributed by atoms with Crippen molar-refractivity contribution in [1.29, 1.82) is 0 Å². The van der Waals surface area contributed by atoms with Crippen molar-refractivity contribution >= 4 is 27.9 Å². The molecular weight excluding hydrogens is 436 g/mol. The van der Waals surface area contributed by atoms with Gasteiger partial charge in [0.15, 0.2) is 0 Å². The number of esters is 1. The van der Waals surface area contributed by atoms with Crippen LogP contribution in [-0.4, -0.2) is 61.7 Å². The number of hydrogen-bond donors (Lipinski definition) is 0. The van der Waals surface area contributed by atoms with Crippen molar-refractivity contribution in [2.24, 2.45) is 5.92 Å². The molecule has 0 aromatic heterocycles. The second-order valence-corrected chi connectivity index (χ2v) is 23.3.